The van der Waals surface area contributed by atoms with Crippen molar-refractivity contribution in [1.82, 2.24) is 15.2 Å². The minimum Gasteiger partial charge on any atom is -0.334 e. The Morgan fingerprint density at radius 3 is 2.94 bits per heavy atom. The third kappa shape index (κ3) is 2.45. The minimum atomic E-state index is -4.46. The maximum atomic E-state index is 12.9. The molecule has 1 N–H and O–H groups in total. The molecule has 1 amide bonds. The number of amides is 1. The first-order valence-electron chi connectivity index (χ1n) is 5.48. The first-order chi connectivity index (χ1) is 8.54. The van der Waals surface area contributed by atoms with E-state index in [0.29, 0.717) is 19.5 Å². The normalized spacial score (nSPS) is 20.8. The van der Waals surface area contributed by atoms with Gasteiger partial charge in [-0.3, -0.25) is 9.78 Å². The Kier molecular flexibility index (Phi) is 3.51. The molecule has 0 saturated carbocycles. The highest BCUT2D eigenvalue weighted by Gasteiger charge is 2.37. The van der Waals surface area contributed by atoms with E-state index in [1.807, 2.05) is 0 Å². The number of halogens is 3. The molecule has 1 aliphatic rings. The molecule has 4 nitrogen and oxygen atoms in total. The number of pyridine rings is 1. The van der Waals surface area contributed by atoms with Crippen molar-refractivity contribution in [3.8, 4) is 0 Å². The molecule has 2 heterocycles. The Labute approximate surface area is 102 Å². The number of nitrogens with one attached hydrogen (secondary N) is 1. The summed E-state index contributed by atoms with van der Waals surface area (Å²) < 4.78 is 38.6. The fourth-order valence-electron chi connectivity index (χ4n) is 2.02. The molecule has 1 fully saturated rings. The summed E-state index contributed by atoms with van der Waals surface area (Å²) in [7, 11) is 0. The topological polar surface area (TPSA) is 45.2 Å². The van der Waals surface area contributed by atoms with Crippen LogP contribution in [0.3, 0.4) is 0 Å². The van der Waals surface area contributed by atoms with Crippen LogP contribution in [0.1, 0.15) is 17.3 Å². The summed E-state index contributed by atoms with van der Waals surface area (Å²) in [6.45, 7) is 1.23. The van der Waals surface area contributed by atoms with Crippen LogP contribution in [-0.2, 0) is 11.0 Å². The summed E-state index contributed by atoms with van der Waals surface area (Å²) in [6, 6.07) is 1.56. The zero-order chi connectivity index (χ0) is 13.2. The van der Waals surface area contributed by atoms with Crippen molar-refractivity contribution in [2.45, 2.75) is 12.2 Å². The van der Waals surface area contributed by atoms with Crippen LogP contribution in [-0.4, -0.2) is 35.9 Å². The summed E-state index contributed by atoms with van der Waals surface area (Å²) in [5, 5.41) is 2.97. The smallest absolute Gasteiger partial charge is 0.334 e. The Morgan fingerprint density at radius 1 is 1.50 bits per heavy atom. The summed E-state index contributed by atoms with van der Waals surface area (Å²) in [5.74, 6) is 0. The Bertz CT molecular complexity index is 436. The average molecular weight is 259 g/mol. The van der Waals surface area contributed by atoms with E-state index in [1.165, 1.54) is 17.2 Å². The predicted molar refractivity (Wildman–Crippen MR) is 57.6 cm³/mol. The van der Waals surface area contributed by atoms with Gasteiger partial charge < -0.3 is 10.2 Å². The van der Waals surface area contributed by atoms with Crippen LogP contribution in [0.25, 0.3) is 0 Å². The zero-order valence-corrected chi connectivity index (χ0v) is 9.44. The third-order valence-electron chi connectivity index (χ3n) is 2.88. The summed E-state index contributed by atoms with van der Waals surface area (Å²) in [5.41, 5.74) is -0.894. The molecular formula is C11H12F3N3O. The number of carbonyl (C=O) groups excluding carboxylic acids is 1. The number of nitrogens with zero attached hydrogens (tertiary/aromatic N) is 2. The van der Waals surface area contributed by atoms with Gasteiger partial charge in [-0.15, -0.1) is 0 Å². The Balaban J connectivity index is 2.40. The Morgan fingerprint density at radius 2 is 2.28 bits per heavy atom. The van der Waals surface area contributed by atoms with Crippen molar-refractivity contribution in [2.75, 3.05) is 19.6 Å². The van der Waals surface area contributed by atoms with E-state index in [-0.39, 0.29) is 12.2 Å². The van der Waals surface area contributed by atoms with Gasteiger partial charge >= 0.3 is 6.18 Å². The van der Waals surface area contributed by atoms with Gasteiger partial charge in [-0.2, -0.15) is 13.2 Å². The maximum absolute atomic E-state index is 12.9. The first kappa shape index (κ1) is 12.8. The molecule has 7 heteroatoms. The fourth-order valence-corrected chi connectivity index (χ4v) is 2.02. The quantitative estimate of drug-likeness (QED) is 0.812. The lowest BCUT2D eigenvalue weighted by Gasteiger charge is -2.33. The van der Waals surface area contributed by atoms with Gasteiger partial charge in [-0.1, -0.05) is 0 Å². The highest BCUT2D eigenvalue weighted by Crippen LogP contribution is 2.35. The molecular weight excluding hydrogens is 247 g/mol. The van der Waals surface area contributed by atoms with E-state index in [2.05, 4.69) is 10.3 Å². The van der Waals surface area contributed by atoms with Crippen molar-refractivity contribution in [3.05, 3.63) is 29.6 Å². The number of rotatable bonds is 2. The van der Waals surface area contributed by atoms with Crippen LogP contribution in [0.5, 0.6) is 0 Å². The summed E-state index contributed by atoms with van der Waals surface area (Å²) in [6.07, 6.45) is -2.59. The van der Waals surface area contributed by atoms with Gasteiger partial charge in [-0.05, 0) is 12.1 Å². The van der Waals surface area contributed by atoms with Crippen LogP contribution < -0.4 is 5.32 Å². The molecule has 0 radical (unpaired) electrons. The molecule has 1 aliphatic heterocycles. The second-order valence-electron chi connectivity index (χ2n) is 4.00. The van der Waals surface area contributed by atoms with Gasteiger partial charge in [0.15, 0.2) is 0 Å². The van der Waals surface area contributed by atoms with Crippen molar-refractivity contribution in [3.63, 3.8) is 0 Å². The summed E-state index contributed by atoms with van der Waals surface area (Å²) >= 11 is 0. The monoisotopic (exact) mass is 259 g/mol. The molecule has 0 aromatic carbocycles. The lowest BCUT2D eigenvalue weighted by atomic mass is 10.0. The molecule has 0 spiro atoms. The highest BCUT2D eigenvalue weighted by atomic mass is 19.4. The van der Waals surface area contributed by atoms with Gasteiger partial charge in [0.2, 0.25) is 6.41 Å². The molecule has 0 aliphatic carbocycles. The lowest BCUT2D eigenvalue weighted by molar-refractivity contribution is -0.140. The fraction of sp³-hybridized carbons (Fsp3) is 0.455. The molecule has 1 aromatic rings. The van der Waals surface area contributed by atoms with Crippen LogP contribution in [0, 0.1) is 0 Å². The number of piperazine rings is 1. The van der Waals surface area contributed by atoms with E-state index < -0.39 is 17.8 Å². The van der Waals surface area contributed by atoms with E-state index >= 15 is 0 Å². The largest absolute Gasteiger partial charge is 0.418 e. The average Bonchev–Trinajstić information content (AvgIpc) is 2.37. The number of aromatic nitrogens is 1. The standard InChI is InChI=1S/C11H12F3N3O/c12-11(13,14)8-2-1-3-16-10(8)9-6-15-4-5-17(9)7-18/h1-3,7,9,15H,4-6H2. The van der Waals surface area contributed by atoms with Crippen LogP contribution >= 0.6 is 0 Å². The molecule has 98 valence electrons. The van der Waals surface area contributed by atoms with E-state index in [1.54, 1.807) is 0 Å². The molecule has 1 unspecified atom stereocenters. The van der Waals surface area contributed by atoms with Crippen molar-refractivity contribution in [1.29, 1.82) is 0 Å². The van der Waals surface area contributed by atoms with Crippen molar-refractivity contribution in [2.24, 2.45) is 0 Å². The van der Waals surface area contributed by atoms with Crippen LogP contribution in [0.4, 0.5) is 13.2 Å². The molecule has 18 heavy (non-hydrogen) atoms. The molecule has 2 rings (SSSR count). The lowest BCUT2D eigenvalue weighted by Crippen LogP contribution is -2.46. The van der Waals surface area contributed by atoms with E-state index in [4.69, 9.17) is 0 Å². The molecule has 1 atom stereocenters. The van der Waals surface area contributed by atoms with Crippen molar-refractivity contribution < 1.29 is 18.0 Å². The second kappa shape index (κ2) is 4.93. The van der Waals surface area contributed by atoms with Gasteiger partial charge in [0.1, 0.15) is 0 Å². The van der Waals surface area contributed by atoms with E-state index in [9.17, 15) is 18.0 Å². The molecule has 1 aromatic heterocycles. The second-order valence-corrected chi connectivity index (χ2v) is 4.00. The molecule has 1 saturated heterocycles. The highest BCUT2D eigenvalue weighted by molar-refractivity contribution is 5.49. The van der Waals surface area contributed by atoms with Gasteiger partial charge in [0.05, 0.1) is 17.3 Å². The summed E-state index contributed by atoms with van der Waals surface area (Å²) in [4.78, 5) is 16.0. The predicted octanol–water partition coefficient (Wildman–Crippen LogP) is 1.20. The van der Waals surface area contributed by atoms with Crippen molar-refractivity contribution >= 4 is 6.41 Å². The van der Waals surface area contributed by atoms with Gasteiger partial charge in [-0.25, -0.2) is 0 Å². The number of hydrogen-bond donors (Lipinski definition) is 1. The van der Waals surface area contributed by atoms with Crippen LogP contribution in [0.2, 0.25) is 0 Å². The Hall–Kier alpha value is -1.63. The minimum absolute atomic E-state index is 0.107. The maximum Gasteiger partial charge on any atom is 0.418 e. The van der Waals surface area contributed by atoms with Gasteiger partial charge in [0, 0.05) is 25.8 Å². The zero-order valence-electron chi connectivity index (χ0n) is 9.44. The first-order valence-corrected chi connectivity index (χ1v) is 5.48. The van der Waals surface area contributed by atoms with Gasteiger partial charge in [0.25, 0.3) is 0 Å². The number of carbonyl (C=O) groups is 1. The third-order valence-corrected chi connectivity index (χ3v) is 2.88. The van der Waals surface area contributed by atoms with Crippen LogP contribution in [0.15, 0.2) is 18.3 Å². The number of hydrogen-bond acceptors (Lipinski definition) is 3. The number of alkyl halides is 3. The molecule has 0 bridgehead atoms. The SMILES string of the molecule is O=CN1CCNCC1c1ncccc1C(F)(F)F. The van der Waals surface area contributed by atoms with E-state index in [0.717, 1.165) is 6.07 Å².